The van der Waals surface area contributed by atoms with Crippen LogP contribution < -0.4 is 10.9 Å². The first-order chi connectivity index (χ1) is 12.4. The second kappa shape index (κ2) is 6.91. The van der Waals surface area contributed by atoms with Crippen LogP contribution in [0.2, 0.25) is 0 Å². The van der Waals surface area contributed by atoms with Crippen LogP contribution in [0, 0.1) is 19.7 Å². The Morgan fingerprint density at radius 1 is 1.31 bits per heavy atom. The van der Waals surface area contributed by atoms with Gasteiger partial charge in [-0.1, -0.05) is 19.1 Å². The molecule has 1 amide bonds. The highest BCUT2D eigenvalue weighted by Gasteiger charge is 2.17. The van der Waals surface area contributed by atoms with Crippen molar-refractivity contribution in [2.24, 2.45) is 0 Å². The molecule has 1 aromatic carbocycles. The van der Waals surface area contributed by atoms with Gasteiger partial charge in [0, 0.05) is 17.3 Å². The second-order valence-electron chi connectivity index (χ2n) is 5.82. The van der Waals surface area contributed by atoms with Gasteiger partial charge in [0.25, 0.3) is 11.5 Å². The van der Waals surface area contributed by atoms with Gasteiger partial charge in [0.2, 0.25) is 5.95 Å². The maximum Gasteiger partial charge on any atom is 0.259 e. The molecule has 0 unspecified atom stereocenters. The minimum Gasteiger partial charge on any atom is -0.306 e. The highest BCUT2D eigenvalue weighted by molar-refractivity contribution is 6.04. The molecule has 3 rings (SSSR count). The summed E-state index contributed by atoms with van der Waals surface area (Å²) in [6.45, 7) is 5.35. The minimum absolute atomic E-state index is 0.0862. The summed E-state index contributed by atoms with van der Waals surface area (Å²) in [7, 11) is 0. The summed E-state index contributed by atoms with van der Waals surface area (Å²) in [5.41, 5.74) is 1.44. The lowest BCUT2D eigenvalue weighted by atomic mass is 10.2. The van der Waals surface area contributed by atoms with Crippen LogP contribution >= 0.6 is 0 Å². The lowest BCUT2D eigenvalue weighted by Crippen LogP contribution is -2.22. The average molecular weight is 355 g/mol. The third-order valence-electron chi connectivity index (χ3n) is 3.96. The zero-order valence-electron chi connectivity index (χ0n) is 14.6. The first-order valence-corrected chi connectivity index (χ1v) is 8.13. The summed E-state index contributed by atoms with van der Waals surface area (Å²) in [6, 6.07) is 7.29. The topological polar surface area (TPSA) is 92.7 Å². The molecule has 0 bridgehead atoms. The molecule has 3 aromatic rings. The fraction of sp³-hybridized carbons (Fsp3) is 0.222. The fourth-order valence-electron chi connectivity index (χ4n) is 2.69. The van der Waals surface area contributed by atoms with Crippen molar-refractivity contribution in [3.8, 4) is 5.95 Å². The van der Waals surface area contributed by atoms with Crippen LogP contribution in [0.15, 0.2) is 35.1 Å². The van der Waals surface area contributed by atoms with Crippen molar-refractivity contribution >= 4 is 11.7 Å². The van der Waals surface area contributed by atoms with Crippen molar-refractivity contribution in [2.45, 2.75) is 27.2 Å². The van der Waals surface area contributed by atoms with E-state index in [-0.39, 0.29) is 22.9 Å². The van der Waals surface area contributed by atoms with E-state index in [2.05, 4.69) is 20.4 Å². The maximum atomic E-state index is 13.8. The van der Waals surface area contributed by atoms with E-state index in [0.717, 1.165) is 0 Å². The molecular formula is C18H18FN5O2. The van der Waals surface area contributed by atoms with Gasteiger partial charge in [-0.15, -0.1) is 0 Å². The third kappa shape index (κ3) is 3.26. The normalized spacial score (nSPS) is 10.8. The zero-order valence-corrected chi connectivity index (χ0v) is 14.6. The van der Waals surface area contributed by atoms with E-state index < -0.39 is 11.7 Å². The van der Waals surface area contributed by atoms with Gasteiger partial charge in [-0.3, -0.25) is 14.6 Å². The molecule has 7 nitrogen and oxygen atoms in total. The highest BCUT2D eigenvalue weighted by Crippen LogP contribution is 2.17. The minimum atomic E-state index is -0.623. The number of aromatic amines is 1. The number of hydrogen-bond acceptors (Lipinski definition) is 4. The van der Waals surface area contributed by atoms with Gasteiger partial charge in [0.15, 0.2) is 0 Å². The monoisotopic (exact) mass is 355 g/mol. The Hall–Kier alpha value is -3.29. The van der Waals surface area contributed by atoms with E-state index in [1.807, 2.05) is 6.92 Å². The summed E-state index contributed by atoms with van der Waals surface area (Å²) < 4.78 is 15.1. The predicted molar refractivity (Wildman–Crippen MR) is 95.2 cm³/mol. The Morgan fingerprint density at radius 3 is 2.69 bits per heavy atom. The standard InChI is InChI=1S/C18H18FN5O2/c1-4-12-11(3)20-18(22-16(12)25)24-15(9-10(2)23-24)21-17(26)13-7-5-6-8-14(13)19/h5-9H,4H2,1-3H3,(H,21,26)(H,20,22,25). The van der Waals surface area contributed by atoms with E-state index in [4.69, 9.17) is 0 Å². The van der Waals surface area contributed by atoms with Gasteiger partial charge in [-0.2, -0.15) is 9.78 Å². The molecule has 26 heavy (non-hydrogen) atoms. The number of halogens is 1. The Balaban J connectivity index is 2.01. The Morgan fingerprint density at radius 2 is 2.04 bits per heavy atom. The van der Waals surface area contributed by atoms with Crippen molar-refractivity contribution in [2.75, 3.05) is 5.32 Å². The van der Waals surface area contributed by atoms with E-state index in [1.54, 1.807) is 26.0 Å². The summed E-state index contributed by atoms with van der Waals surface area (Å²) in [4.78, 5) is 31.6. The number of aromatic nitrogens is 4. The van der Waals surface area contributed by atoms with Crippen LogP contribution in [0.25, 0.3) is 5.95 Å². The highest BCUT2D eigenvalue weighted by atomic mass is 19.1. The number of carbonyl (C=O) groups excluding carboxylic acids is 1. The van der Waals surface area contributed by atoms with Gasteiger partial charge in [0.1, 0.15) is 11.6 Å². The first kappa shape index (κ1) is 17.5. The molecule has 0 radical (unpaired) electrons. The van der Waals surface area contributed by atoms with Gasteiger partial charge in [0.05, 0.1) is 11.3 Å². The van der Waals surface area contributed by atoms with Gasteiger partial charge in [-0.05, 0) is 32.4 Å². The van der Waals surface area contributed by atoms with E-state index >= 15 is 0 Å². The van der Waals surface area contributed by atoms with E-state index in [0.29, 0.717) is 23.4 Å². The predicted octanol–water partition coefficient (Wildman–Crippen LogP) is 2.53. The Labute approximate surface area is 148 Å². The van der Waals surface area contributed by atoms with Crippen LogP contribution in [-0.2, 0) is 6.42 Å². The molecule has 0 saturated heterocycles. The molecule has 0 saturated carbocycles. The van der Waals surface area contributed by atoms with E-state index in [1.165, 1.54) is 22.9 Å². The van der Waals surface area contributed by atoms with Crippen LogP contribution in [0.1, 0.15) is 34.2 Å². The van der Waals surface area contributed by atoms with Gasteiger partial charge >= 0.3 is 0 Å². The van der Waals surface area contributed by atoms with Crippen molar-refractivity contribution in [3.63, 3.8) is 0 Å². The number of rotatable bonds is 4. The summed E-state index contributed by atoms with van der Waals surface area (Å²) in [5.74, 6) is -0.778. The molecule has 2 heterocycles. The molecule has 0 fully saturated rings. The average Bonchev–Trinajstić information content (AvgIpc) is 2.95. The van der Waals surface area contributed by atoms with Crippen molar-refractivity contribution in [3.05, 3.63) is 69.0 Å². The lowest BCUT2D eigenvalue weighted by Gasteiger charge is -2.10. The number of amides is 1. The Kier molecular flexibility index (Phi) is 4.66. The summed E-state index contributed by atoms with van der Waals surface area (Å²) >= 11 is 0. The zero-order chi connectivity index (χ0) is 18.8. The molecule has 2 N–H and O–H groups in total. The van der Waals surface area contributed by atoms with Crippen LogP contribution in [0.5, 0.6) is 0 Å². The maximum absolute atomic E-state index is 13.8. The molecule has 0 aliphatic rings. The number of aryl methyl sites for hydroxylation is 2. The molecule has 134 valence electrons. The number of benzene rings is 1. The molecular weight excluding hydrogens is 337 g/mol. The summed E-state index contributed by atoms with van der Waals surface area (Å²) in [6.07, 6.45) is 0.559. The molecule has 0 aliphatic carbocycles. The number of nitrogens with zero attached hydrogens (tertiary/aromatic N) is 3. The number of nitrogens with one attached hydrogen (secondary N) is 2. The fourth-order valence-corrected chi connectivity index (χ4v) is 2.69. The number of hydrogen-bond donors (Lipinski definition) is 2. The lowest BCUT2D eigenvalue weighted by molar-refractivity contribution is 0.102. The molecule has 0 atom stereocenters. The number of carbonyl (C=O) groups is 1. The number of anilines is 1. The number of H-pyrrole nitrogens is 1. The van der Waals surface area contributed by atoms with Crippen LogP contribution in [0.4, 0.5) is 10.2 Å². The molecule has 0 aliphatic heterocycles. The quantitative estimate of drug-likeness (QED) is 0.752. The van der Waals surface area contributed by atoms with Crippen molar-refractivity contribution in [1.82, 2.24) is 19.7 Å². The molecule has 2 aromatic heterocycles. The van der Waals surface area contributed by atoms with E-state index in [9.17, 15) is 14.0 Å². The van der Waals surface area contributed by atoms with Gasteiger partial charge in [-0.25, -0.2) is 9.37 Å². The van der Waals surface area contributed by atoms with Crippen LogP contribution in [-0.4, -0.2) is 25.7 Å². The van der Waals surface area contributed by atoms with Crippen LogP contribution in [0.3, 0.4) is 0 Å². The van der Waals surface area contributed by atoms with Crippen molar-refractivity contribution in [1.29, 1.82) is 0 Å². The first-order valence-electron chi connectivity index (χ1n) is 8.13. The SMILES string of the molecule is CCc1c(C)nc(-n2nc(C)cc2NC(=O)c2ccccc2F)[nH]c1=O. The van der Waals surface area contributed by atoms with Crippen molar-refractivity contribution < 1.29 is 9.18 Å². The molecule has 0 spiro atoms. The Bertz CT molecular complexity index is 1040. The van der Waals surface area contributed by atoms with Gasteiger partial charge < -0.3 is 5.32 Å². The third-order valence-corrected chi connectivity index (χ3v) is 3.96. The summed E-state index contributed by atoms with van der Waals surface area (Å²) in [5, 5.41) is 6.88. The smallest absolute Gasteiger partial charge is 0.259 e. The second-order valence-corrected chi connectivity index (χ2v) is 5.82. The largest absolute Gasteiger partial charge is 0.306 e. The molecule has 8 heteroatoms.